The Morgan fingerprint density at radius 3 is 2.27 bits per heavy atom. The lowest BCUT2D eigenvalue weighted by Crippen LogP contribution is -2.48. The maximum atomic E-state index is 13.5. The molecule has 5 rings (SSSR count). The first-order valence-electron chi connectivity index (χ1n) is 12.6. The number of carbonyl (C=O) groups is 1. The molecule has 2 aliphatic rings. The van der Waals surface area contributed by atoms with Crippen molar-refractivity contribution in [2.45, 2.75) is 18.3 Å². The number of hydrogen-bond acceptors (Lipinski definition) is 5. The highest BCUT2D eigenvalue weighted by molar-refractivity contribution is 7.88. The zero-order chi connectivity index (χ0) is 28.7. The molecule has 212 valence electrons. The molecule has 2 saturated heterocycles. The Morgan fingerprint density at radius 1 is 1.00 bits per heavy atom. The van der Waals surface area contributed by atoms with Gasteiger partial charge in [0, 0.05) is 43.9 Å². The van der Waals surface area contributed by atoms with Crippen molar-refractivity contribution in [1.29, 1.82) is 0 Å². The topological polar surface area (TPSA) is 85.9 Å². The molecule has 0 radical (unpaired) electrons. The Bertz CT molecular complexity index is 1480. The van der Waals surface area contributed by atoms with Crippen molar-refractivity contribution in [3.8, 4) is 0 Å². The molecule has 3 heterocycles. The number of aromatic nitrogens is 1. The van der Waals surface area contributed by atoms with E-state index in [1.807, 2.05) is 17.0 Å². The van der Waals surface area contributed by atoms with Crippen molar-refractivity contribution in [3.63, 3.8) is 0 Å². The minimum Gasteiger partial charge on any atom is -0.354 e. The minimum absolute atomic E-state index is 0.139. The van der Waals surface area contributed by atoms with Crippen LogP contribution in [0.4, 0.5) is 23.8 Å². The number of nitrogens with one attached hydrogen (secondary N) is 1. The van der Waals surface area contributed by atoms with E-state index in [9.17, 15) is 26.4 Å². The van der Waals surface area contributed by atoms with Gasteiger partial charge in [-0.25, -0.2) is 18.2 Å². The monoisotopic (exact) mass is 593 g/mol. The number of piperazine rings is 1. The maximum Gasteiger partial charge on any atom is 0.416 e. The molecule has 0 aliphatic carbocycles. The summed E-state index contributed by atoms with van der Waals surface area (Å²) in [5, 5.41) is 3.29. The number of anilines is 1. The number of rotatable bonds is 6. The van der Waals surface area contributed by atoms with E-state index in [1.165, 1.54) is 16.6 Å². The van der Waals surface area contributed by atoms with Crippen LogP contribution in [-0.2, 0) is 16.2 Å². The van der Waals surface area contributed by atoms with E-state index >= 15 is 0 Å². The highest BCUT2D eigenvalue weighted by Crippen LogP contribution is 2.40. The van der Waals surface area contributed by atoms with Crippen LogP contribution in [-0.4, -0.2) is 67.6 Å². The Hall–Kier alpha value is -3.35. The van der Waals surface area contributed by atoms with Gasteiger partial charge >= 0.3 is 12.2 Å². The summed E-state index contributed by atoms with van der Waals surface area (Å²) in [4.78, 5) is 21.3. The fraction of sp³-hybridized carbons (Fsp3) is 0.333. The molecule has 1 unspecified atom stereocenters. The first-order valence-corrected chi connectivity index (χ1v) is 14.8. The van der Waals surface area contributed by atoms with Gasteiger partial charge < -0.3 is 15.1 Å². The first kappa shape index (κ1) is 28.2. The van der Waals surface area contributed by atoms with Gasteiger partial charge in [-0.3, -0.25) is 0 Å². The summed E-state index contributed by atoms with van der Waals surface area (Å²) < 4.78 is 65.5. The number of hydrogen-bond donors (Lipinski definition) is 1. The van der Waals surface area contributed by atoms with Crippen LogP contribution in [0.3, 0.4) is 0 Å². The van der Waals surface area contributed by atoms with Gasteiger partial charge in [-0.05, 0) is 47.0 Å². The number of urea groups is 1. The van der Waals surface area contributed by atoms with Crippen LogP contribution in [0, 0.1) is 0 Å². The van der Waals surface area contributed by atoms with Gasteiger partial charge in [0.05, 0.1) is 23.9 Å². The number of amides is 2. The standard InChI is InChI=1S/C27H27ClF3N5O3S/c1-40(38,39)35-13-11-34(12-14-35)24-10-7-20(16-32-24)25(18-5-8-22(28)9-6-18)36-23(17-33-26(36)37)19-3-2-4-21(15-19)27(29,30)31/h2-10,15-16,23,25H,11-14,17H2,1H3,(H,33,37)/t23-,25?/m1/s1. The van der Waals surface area contributed by atoms with Crippen LogP contribution >= 0.6 is 11.6 Å². The second-order valence-corrected chi connectivity index (χ2v) is 12.2. The zero-order valence-electron chi connectivity index (χ0n) is 21.5. The molecule has 0 spiro atoms. The van der Waals surface area contributed by atoms with Gasteiger partial charge in [-0.15, -0.1) is 0 Å². The van der Waals surface area contributed by atoms with Crippen molar-refractivity contribution in [2.75, 3.05) is 43.9 Å². The average molecular weight is 594 g/mol. The second-order valence-electron chi connectivity index (χ2n) is 9.79. The lowest BCUT2D eigenvalue weighted by atomic mass is 9.95. The van der Waals surface area contributed by atoms with Gasteiger partial charge in [0.2, 0.25) is 10.0 Å². The highest BCUT2D eigenvalue weighted by Gasteiger charge is 2.40. The lowest BCUT2D eigenvalue weighted by molar-refractivity contribution is -0.137. The van der Waals surface area contributed by atoms with Crippen molar-refractivity contribution in [1.82, 2.24) is 19.5 Å². The van der Waals surface area contributed by atoms with Gasteiger partial charge in [0.15, 0.2) is 0 Å². The molecular weight excluding hydrogens is 567 g/mol. The number of sulfonamides is 1. The molecule has 40 heavy (non-hydrogen) atoms. The van der Waals surface area contributed by atoms with Crippen molar-refractivity contribution in [2.24, 2.45) is 0 Å². The number of alkyl halides is 3. The lowest BCUT2D eigenvalue weighted by Gasteiger charge is -2.35. The smallest absolute Gasteiger partial charge is 0.354 e. The van der Waals surface area contributed by atoms with E-state index in [0.29, 0.717) is 48.1 Å². The molecule has 2 aliphatic heterocycles. The molecular formula is C27H27ClF3N5O3S. The van der Waals surface area contributed by atoms with Crippen LogP contribution in [0.5, 0.6) is 0 Å². The summed E-state index contributed by atoms with van der Waals surface area (Å²) in [6.07, 6.45) is -1.68. The van der Waals surface area contributed by atoms with Gasteiger partial charge in [-0.2, -0.15) is 17.5 Å². The molecule has 8 nitrogen and oxygen atoms in total. The Labute approximate surface area is 235 Å². The third-order valence-electron chi connectivity index (χ3n) is 7.20. The number of halogens is 4. The number of nitrogens with zero attached hydrogens (tertiary/aromatic N) is 4. The molecule has 2 amide bonds. The molecule has 1 aromatic heterocycles. The molecule has 1 N–H and O–H groups in total. The van der Waals surface area contributed by atoms with E-state index in [-0.39, 0.29) is 6.54 Å². The quantitative estimate of drug-likeness (QED) is 0.448. The van der Waals surface area contributed by atoms with E-state index in [2.05, 4.69) is 10.3 Å². The third-order valence-corrected chi connectivity index (χ3v) is 8.75. The van der Waals surface area contributed by atoms with Crippen LogP contribution in [0.25, 0.3) is 0 Å². The predicted molar refractivity (Wildman–Crippen MR) is 146 cm³/mol. The van der Waals surface area contributed by atoms with Crippen molar-refractivity contribution in [3.05, 3.63) is 94.1 Å². The number of benzene rings is 2. The molecule has 13 heteroatoms. The molecule has 2 aromatic carbocycles. The zero-order valence-corrected chi connectivity index (χ0v) is 23.0. The summed E-state index contributed by atoms with van der Waals surface area (Å²) >= 11 is 6.12. The van der Waals surface area contributed by atoms with Crippen LogP contribution in [0.2, 0.25) is 5.02 Å². The van der Waals surface area contributed by atoms with E-state index in [4.69, 9.17) is 11.6 Å². The first-order chi connectivity index (χ1) is 18.9. The second kappa shape index (κ2) is 10.9. The Kier molecular flexibility index (Phi) is 7.68. The third kappa shape index (κ3) is 5.89. The van der Waals surface area contributed by atoms with Gasteiger partial charge in [-0.1, -0.05) is 41.9 Å². The Balaban J connectivity index is 1.48. The summed E-state index contributed by atoms with van der Waals surface area (Å²) in [7, 11) is -3.27. The fourth-order valence-corrected chi connectivity index (χ4v) is 6.12. The summed E-state index contributed by atoms with van der Waals surface area (Å²) in [5.74, 6) is 0.659. The molecule has 2 fully saturated rings. The van der Waals surface area contributed by atoms with Crippen LogP contribution in [0.15, 0.2) is 66.9 Å². The van der Waals surface area contributed by atoms with Gasteiger partial charge in [0.1, 0.15) is 5.82 Å². The minimum atomic E-state index is -4.51. The number of carbonyl (C=O) groups excluding carboxylic acids is 1. The summed E-state index contributed by atoms with van der Waals surface area (Å²) in [6, 6.07) is 13.9. The Morgan fingerprint density at radius 2 is 1.68 bits per heavy atom. The normalized spacial score (nSPS) is 19.5. The SMILES string of the molecule is CS(=O)(=O)N1CCN(c2ccc(C(c3ccc(Cl)cc3)N3C(=O)NC[C@@H]3c3cccc(C(F)(F)F)c3)cn2)CC1. The summed E-state index contributed by atoms with van der Waals surface area (Å²) in [5.41, 5.74) is 0.958. The molecule has 3 aromatic rings. The summed E-state index contributed by atoms with van der Waals surface area (Å²) in [6.45, 7) is 1.79. The molecule has 0 saturated carbocycles. The fourth-order valence-electron chi connectivity index (χ4n) is 5.17. The maximum absolute atomic E-state index is 13.5. The number of pyridine rings is 1. The van der Waals surface area contributed by atoms with Gasteiger partial charge in [0.25, 0.3) is 0 Å². The largest absolute Gasteiger partial charge is 0.416 e. The van der Waals surface area contributed by atoms with Crippen molar-refractivity contribution < 1.29 is 26.4 Å². The average Bonchev–Trinajstić information content (AvgIpc) is 3.30. The molecule has 2 atom stereocenters. The highest BCUT2D eigenvalue weighted by atomic mass is 35.5. The van der Waals surface area contributed by atoms with E-state index in [1.54, 1.807) is 41.4 Å². The molecule has 0 bridgehead atoms. The van der Waals surface area contributed by atoms with E-state index in [0.717, 1.165) is 17.7 Å². The van der Waals surface area contributed by atoms with Crippen LogP contribution < -0.4 is 10.2 Å². The van der Waals surface area contributed by atoms with Crippen LogP contribution in [0.1, 0.15) is 34.3 Å². The van der Waals surface area contributed by atoms with E-state index < -0.39 is 39.9 Å². The predicted octanol–water partition coefficient (Wildman–Crippen LogP) is 4.69. The van der Waals surface area contributed by atoms with Crippen molar-refractivity contribution >= 4 is 33.5 Å².